The number of rotatable bonds is 4. The Hall–Kier alpha value is -1.06. The lowest BCUT2D eigenvalue weighted by atomic mass is 10.1. The second-order valence-electron chi connectivity index (χ2n) is 4.54. The fraction of sp³-hybridized carbons (Fsp3) is 0.818. The van der Waals surface area contributed by atoms with E-state index in [2.05, 4.69) is 5.32 Å². The van der Waals surface area contributed by atoms with Gasteiger partial charge in [0, 0.05) is 18.6 Å². The minimum absolute atomic E-state index is 0.0566. The second kappa shape index (κ2) is 5.73. The second-order valence-corrected chi connectivity index (χ2v) is 4.54. The summed E-state index contributed by atoms with van der Waals surface area (Å²) in [5.74, 6) is -0.318. The molecular weight excluding hydrogens is 192 g/mol. The van der Waals surface area contributed by atoms with Crippen LogP contribution in [0.25, 0.3) is 0 Å². The molecule has 0 aliphatic rings. The van der Waals surface area contributed by atoms with Gasteiger partial charge in [-0.3, -0.25) is 9.59 Å². The van der Waals surface area contributed by atoms with Crippen molar-refractivity contribution in [3.63, 3.8) is 0 Å². The highest BCUT2D eigenvalue weighted by Crippen LogP contribution is 2.00. The van der Waals surface area contributed by atoms with E-state index in [0.29, 0.717) is 13.1 Å². The van der Waals surface area contributed by atoms with Crippen LogP contribution in [0.3, 0.4) is 0 Å². The van der Waals surface area contributed by atoms with Gasteiger partial charge in [-0.2, -0.15) is 0 Å². The summed E-state index contributed by atoms with van der Waals surface area (Å²) in [7, 11) is 0. The molecule has 0 aliphatic carbocycles. The van der Waals surface area contributed by atoms with Crippen LogP contribution in [0.1, 0.15) is 41.0 Å². The van der Waals surface area contributed by atoms with Crippen molar-refractivity contribution in [3.05, 3.63) is 0 Å². The van der Waals surface area contributed by atoms with E-state index in [9.17, 15) is 9.59 Å². The molecule has 0 saturated carbocycles. The Morgan fingerprint density at radius 1 is 1.13 bits per heavy atom. The highest BCUT2D eigenvalue weighted by Gasteiger charge is 2.18. The van der Waals surface area contributed by atoms with Crippen LogP contribution in [-0.4, -0.2) is 35.3 Å². The first kappa shape index (κ1) is 13.9. The fourth-order valence-electron chi connectivity index (χ4n) is 1.29. The zero-order chi connectivity index (χ0) is 12.1. The molecule has 0 aliphatic heterocycles. The molecule has 0 heterocycles. The molecule has 0 aromatic rings. The van der Waals surface area contributed by atoms with E-state index in [0.717, 1.165) is 0 Å². The van der Waals surface area contributed by atoms with Crippen LogP contribution in [0.15, 0.2) is 0 Å². The van der Waals surface area contributed by atoms with Gasteiger partial charge in [-0.05, 0) is 34.6 Å². The normalized spacial score (nSPS) is 11.0. The average molecular weight is 214 g/mol. The number of nitrogens with zero attached hydrogens (tertiary/aromatic N) is 1. The third-order valence-corrected chi connectivity index (χ3v) is 1.94. The summed E-state index contributed by atoms with van der Waals surface area (Å²) in [5, 5.41) is 2.77. The van der Waals surface area contributed by atoms with Gasteiger partial charge in [0.05, 0.1) is 0 Å². The van der Waals surface area contributed by atoms with E-state index in [1.54, 1.807) is 4.90 Å². The molecular formula is C11H22N2O2. The number of hydrogen-bond donors (Lipinski definition) is 1. The molecule has 0 saturated heterocycles. The van der Waals surface area contributed by atoms with E-state index in [1.165, 1.54) is 0 Å². The number of nitrogens with one attached hydrogen (secondary N) is 1. The third kappa shape index (κ3) is 6.10. The quantitative estimate of drug-likeness (QED) is 0.714. The number of hydrogen-bond acceptors (Lipinski definition) is 2. The molecule has 15 heavy (non-hydrogen) atoms. The first-order valence-electron chi connectivity index (χ1n) is 5.39. The van der Waals surface area contributed by atoms with Crippen LogP contribution in [0.5, 0.6) is 0 Å². The average Bonchev–Trinajstić information content (AvgIpc) is 2.02. The Balaban J connectivity index is 4.13. The van der Waals surface area contributed by atoms with Crippen molar-refractivity contribution in [1.82, 2.24) is 10.2 Å². The molecule has 0 spiro atoms. The van der Waals surface area contributed by atoms with E-state index < -0.39 is 0 Å². The Morgan fingerprint density at radius 2 is 1.60 bits per heavy atom. The predicted molar refractivity (Wildman–Crippen MR) is 60.4 cm³/mol. The van der Waals surface area contributed by atoms with Crippen molar-refractivity contribution in [2.24, 2.45) is 0 Å². The standard InChI is InChI=1S/C11H22N2O2/c1-6-13(7-2)10(15)8-9(14)12-11(3,4)5/h6-8H2,1-5H3,(H,12,14). The maximum absolute atomic E-state index is 11.6. The molecule has 0 atom stereocenters. The summed E-state index contributed by atoms with van der Waals surface area (Å²) in [6.45, 7) is 10.8. The van der Waals surface area contributed by atoms with Crippen LogP contribution < -0.4 is 5.32 Å². The minimum Gasteiger partial charge on any atom is -0.351 e. The van der Waals surface area contributed by atoms with Crippen LogP contribution >= 0.6 is 0 Å². The molecule has 2 amide bonds. The largest absolute Gasteiger partial charge is 0.351 e. The summed E-state index contributed by atoms with van der Waals surface area (Å²) in [4.78, 5) is 24.7. The van der Waals surface area contributed by atoms with Crippen LogP contribution in [0, 0.1) is 0 Å². The SMILES string of the molecule is CCN(CC)C(=O)CC(=O)NC(C)(C)C. The topological polar surface area (TPSA) is 49.4 Å². The molecule has 0 rings (SSSR count). The van der Waals surface area contributed by atoms with Gasteiger partial charge >= 0.3 is 0 Å². The van der Waals surface area contributed by atoms with Crippen molar-refractivity contribution in [1.29, 1.82) is 0 Å². The van der Waals surface area contributed by atoms with Gasteiger partial charge in [0.2, 0.25) is 11.8 Å². The van der Waals surface area contributed by atoms with E-state index in [1.807, 2.05) is 34.6 Å². The monoisotopic (exact) mass is 214 g/mol. The van der Waals surface area contributed by atoms with Crippen molar-refractivity contribution in [2.75, 3.05) is 13.1 Å². The summed E-state index contributed by atoms with van der Waals surface area (Å²) >= 11 is 0. The maximum Gasteiger partial charge on any atom is 0.231 e. The molecule has 0 fully saturated rings. The number of carbonyl (C=O) groups is 2. The molecule has 1 N–H and O–H groups in total. The van der Waals surface area contributed by atoms with Crippen LogP contribution in [0.4, 0.5) is 0 Å². The third-order valence-electron chi connectivity index (χ3n) is 1.94. The van der Waals surface area contributed by atoms with Gasteiger partial charge in [-0.25, -0.2) is 0 Å². The molecule has 0 unspecified atom stereocenters. The lowest BCUT2D eigenvalue weighted by molar-refractivity contribution is -0.136. The Morgan fingerprint density at radius 3 is 1.93 bits per heavy atom. The molecule has 4 nitrogen and oxygen atoms in total. The Labute approximate surface area is 92.0 Å². The Kier molecular flexibility index (Phi) is 5.33. The highest BCUT2D eigenvalue weighted by molar-refractivity contribution is 5.97. The first-order valence-corrected chi connectivity index (χ1v) is 5.39. The van der Waals surface area contributed by atoms with Gasteiger partial charge < -0.3 is 10.2 Å². The van der Waals surface area contributed by atoms with Crippen LogP contribution in [-0.2, 0) is 9.59 Å². The van der Waals surface area contributed by atoms with Gasteiger partial charge in [0.15, 0.2) is 0 Å². The predicted octanol–water partition coefficient (Wildman–Crippen LogP) is 1.16. The summed E-state index contributed by atoms with van der Waals surface area (Å²) in [6, 6.07) is 0. The lowest BCUT2D eigenvalue weighted by Gasteiger charge is -2.22. The zero-order valence-corrected chi connectivity index (χ0v) is 10.4. The van der Waals surface area contributed by atoms with E-state index in [-0.39, 0.29) is 23.8 Å². The van der Waals surface area contributed by atoms with E-state index in [4.69, 9.17) is 0 Å². The summed E-state index contributed by atoms with van der Waals surface area (Å²) < 4.78 is 0. The zero-order valence-electron chi connectivity index (χ0n) is 10.4. The maximum atomic E-state index is 11.6. The molecule has 0 radical (unpaired) electrons. The fourth-order valence-corrected chi connectivity index (χ4v) is 1.29. The number of amides is 2. The molecule has 0 aromatic carbocycles. The van der Waals surface area contributed by atoms with E-state index >= 15 is 0 Å². The molecule has 4 heteroatoms. The number of carbonyl (C=O) groups excluding carboxylic acids is 2. The lowest BCUT2D eigenvalue weighted by Crippen LogP contribution is -2.43. The van der Waals surface area contributed by atoms with Crippen LogP contribution in [0.2, 0.25) is 0 Å². The van der Waals surface area contributed by atoms with Crippen molar-refractivity contribution < 1.29 is 9.59 Å². The van der Waals surface area contributed by atoms with Crippen molar-refractivity contribution >= 4 is 11.8 Å². The van der Waals surface area contributed by atoms with Gasteiger partial charge in [-0.15, -0.1) is 0 Å². The van der Waals surface area contributed by atoms with Crippen molar-refractivity contribution in [2.45, 2.75) is 46.6 Å². The van der Waals surface area contributed by atoms with Gasteiger partial charge in [0.25, 0.3) is 0 Å². The smallest absolute Gasteiger partial charge is 0.231 e. The van der Waals surface area contributed by atoms with Gasteiger partial charge in [-0.1, -0.05) is 0 Å². The van der Waals surface area contributed by atoms with Gasteiger partial charge in [0.1, 0.15) is 6.42 Å². The Bertz CT molecular complexity index is 227. The molecule has 0 aromatic heterocycles. The summed E-state index contributed by atoms with van der Waals surface area (Å²) in [6.07, 6.45) is -0.0566. The first-order chi connectivity index (χ1) is 6.80. The van der Waals surface area contributed by atoms with Crippen molar-refractivity contribution in [3.8, 4) is 0 Å². The molecule has 88 valence electrons. The minimum atomic E-state index is -0.277. The summed E-state index contributed by atoms with van der Waals surface area (Å²) in [5.41, 5.74) is -0.277. The highest BCUT2D eigenvalue weighted by atomic mass is 16.2. The molecule has 0 bridgehead atoms.